The third-order valence-electron chi connectivity index (χ3n) is 1.83. The molecule has 0 radical (unpaired) electrons. The van der Waals surface area contributed by atoms with Crippen LogP contribution in [0.1, 0.15) is 5.56 Å². The molecule has 0 saturated carbocycles. The van der Waals surface area contributed by atoms with Gasteiger partial charge in [0, 0.05) is 34.2 Å². The first-order valence-electron chi connectivity index (χ1n) is 4.13. The highest BCUT2D eigenvalue weighted by molar-refractivity contribution is 14.1. The summed E-state index contributed by atoms with van der Waals surface area (Å²) in [5, 5.41) is 8.52. The van der Waals surface area contributed by atoms with Crippen LogP contribution in [0.2, 0.25) is 0 Å². The standard InChI is InChI=1S/C10H6INO3/c11-10-12-9-6(4-5-8(13)14)2-1-3-7(9)15-10/h1-5H,(H,13,14)/b5-4+. The molecular weight excluding hydrogens is 309 g/mol. The lowest BCUT2D eigenvalue weighted by Gasteiger charge is -1.92. The summed E-state index contributed by atoms with van der Waals surface area (Å²) in [5.74, 6) is -0.981. The zero-order chi connectivity index (χ0) is 10.8. The average molecular weight is 315 g/mol. The molecule has 0 spiro atoms. The molecule has 76 valence electrons. The van der Waals surface area contributed by atoms with Crippen molar-refractivity contribution in [2.24, 2.45) is 0 Å². The smallest absolute Gasteiger partial charge is 0.328 e. The van der Waals surface area contributed by atoms with Gasteiger partial charge in [-0.2, -0.15) is 0 Å². The SMILES string of the molecule is O=C(O)/C=C/c1cccc2oc(I)nc12. The fraction of sp³-hybridized carbons (Fsp3) is 0. The van der Waals surface area contributed by atoms with Gasteiger partial charge in [-0.25, -0.2) is 9.78 Å². The Labute approximate surface area is 98.7 Å². The monoisotopic (exact) mass is 315 g/mol. The van der Waals surface area contributed by atoms with Crippen molar-refractivity contribution in [1.82, 2.24) is 4.98 Å². The molecule has 4 nitrogen and oxygen atoms in total. The number of nitrogens with zero attached hydrogens (tertiary/aromatic N) is 1. The highest BCUT2D eigenvalue weighted by Gasteiger charge is 2.05. The van der Waals surface area contributed by atoms with Crippen LogP contribution in [0.15, 0.2) is 28.7 Å². The van der Waals surface area contributed by atoms with Gasteiger partial charge < -0.3 is 9.52 Å². The molecule has 0 bridgehead atoms. The summed E-state index contributed by atoms with van der Waals surface area (Å²) >= 11 is 1.97. The highest BCUT2D eigenvalue weighted by Crippen LogP contribution is 2.21. The van der Waals surface area contributed by atoms with Crippen molar-refractivity contribution >= 4 is 45.7 Å². The predicted octanol–water partition coefficient (Wildman–Crippen LogP) is 2.53. The maximum Gasteiger partial charge on any atom is 0.328 e. The molecular formula is C10H6INO3. The van der Waals surface area contributed by atoms with Crippen LogP contribution in [0, 0.1) is 3.90 Å². The fourth-order valence-corrected chi connectivity index (χ4v) is 1.72. The number of fused-ring (bicyclic) bond motifs is 1. The molecule has 0 saturated heterocycles. The second-order valence-electron chi connectivity index (χ2n) is 2.83. The van der Waals surface area contributed by atoms with Crippen LogP contribution >= 0.6 is 22.6 Å². The molecule has 2 aromatic rings. The quantitative estimate of drug-likeness (QED) is 0.683. The second-order valence-corrected chi connectivity index (χ2v) is 3.76. The molecule has 1 N–H and O–H groups in total. The molecule has 0 fully saturated rings. The normalized spacial score (nSPS) is 11.3. The lowest BCUT2D eigenvalue weighted by atomic mass is 10.2. The molecule has 1 heterocycles. The minimum atomic E-state index is -0.981. The molecule has 1 aromatic carbocycles. The number of hydrogen-bond acceptors (Lipinski definition) is 3. The van der Waals surface area contributed by atoms with Crippen molar-refractivity contribution in [3.05, 3.63) is 33.7 Å². The maximum absolute atomic E-state index is 10.4. The van der Waals surface area contributed by atoms with E-state index in [1.54, 1.807) is 18.2 Å². The van der Waals surface area contributed by atoms with E-state index in [-0.39, 0.29) is 0 Å². The number of carboxylic acids is 1. The number of halogens is 1. The predicted molar refractivity (Wildman–Crippen MR) is 63.4 cm³/mol. The van der Waals surface area contributed by atoms with E-state index in [0.717, 1.165) is 11.6 Å². The molecule has 0 atom stereocenters. The third kappa shape index (κ3) is 2.17. The van der Waals surface area contributed by atoms with Crippen molar-refractivity contribution in [3.63, 3.8) is 0 Å². The van der Waals surface area contributed by atoms with Gasteiger partial charge in [-0.3, -0.25) is 0 Å². The molecule has 0 amide bonds. The van der Waals surface area contributed by atoms with Crippen LogP contribution in [-0.4, -0.2) is 16.1 Å². The lowest BCUT2D eigenvalue weighted by molar-refractivity contribution is -0.131. The number of rotatable bonds is 2. The Hall–Kier alpha value is -1.37. The zero-order valence-corrected chi connectivity index (χ0v) is 9.63. The van der Waals surface area contributed by atoms with Gasteiger partial charge in [-0.1, -0.05) is 12.1 Å². The molecule has 0 aliphatic carbocycles. The van der Waals surface area contributed by atoms with E-state index >= 15 is 0 Å². The van der Waals surface area contributed by atoms with Gasteiger partial charge in [0.25, 0.3) is 3.90 Å². The summed E-state index contributed by atoms with van der Waals surface area (Å²) in [5.41, 5.74) is 2.08. The van der Waals surface area contributed by atoms with Crippen molar-refractivity contribution < 1.29 is 14.3 Å². The van der Waals surface area contributed by atoms with Crippen LogP contribution in [0.25, 0.3) is 17.2 Å². The Morgan fingerprint density at radius 1 is 1.53 bits per heavy atom. The van der Waals surface area contributed by atoms with Gasteiger partial charge in [-0.15, -0.1) is 0 Å². The van der Waals surface area contributed by atoms with Crippen LogP contribution in [0.4, 0.5) is 0 Å². The number of carbonyl (C=O) groups is 1. The Morgan fingerprint density at radius 2 is 2.33 bits per heavy atom. The lowest BCUT2D eigenvalue weighted by Crippen LogP contribution is -1.86. The molecule has 0 unspecified atom stereocenters. The Morgan fingerprint density at radius 3 is 3.07 bits per heavy atom. The van der Waals surface area contributed by atoms with E-state index in [9.17, 15) is 4.79 Å². The van der Waals surface area contributed by atoms with E-state index in [1.807, 2.05) is 22.6 Å². The topological polar surface area (TPSA) is 63.3 Å². The van der Waals surface area contributed by atoms with Crippen LogP contribution in [-0.2, 0) is 4.79 Å². The highest BCUT2D eigenvalue weighted by atomic mass is 127. The minimum absolute atomic E-state index is 0.541. The molecule has 5 heteroatoms. The van der Waals surface area contributed by atoms with E-state index in [0.29, 0.717) is 15.0 Å². The number of para-hydroxylation sites is 1. The zero-order valence-electron chi connectivity index (χ0n) is 7.48. The van der Waals surface area contributed by atoms with E-state index in [4.69, 9.17) is 9.52 Å². The fourth-order valence-electron chi connectivity index (χ4n) is 1.24. The average Bonchev–Trinajstić information content (AvgIpc) is 2.55. The third-order valence-corrected chi connectivity index (χ3v) is 2.29. The number of aromatic nitrogens is 1. The number of aliphatic carboxylic acids is 1. The summed E-state index contributed by atoms with van der Waals surface area (Å²) in [7, 11) is 0. The van der Waals surface area contributed by atoms with Crippen LogP contribution < -0.4 is 0 Å². The Kier molecular flexibility index (Phi) is 2.72. The van der Waals surface area contributed by atoms with Crippen LogP contribution in [0.3, 0.4) is 0 Å². The molecule has 0 aliphatic heterocycles. The molecule has 0 aliphatic rings. The van der Waals surface area contributed by atoms with E-state index < -0.39 is 5.97 Å². The first kappa shape index (κ1) is 10.2. The van der Waals surface area contributed by atoms with Gasteiger partial charge in [-0.05, 0) is 12.1 Å². The maximum atomic E-state index is 10.4. The first-order chi connectivity index (χ1) is 7.16. The summed E-state index contributed by atoms with van der Waals surface area (Å²) < 4.78 is 5.85. The van der Waals surface area contributed by atoms with E-state index in [2.05, 4.69) is 4.98 Å². The van der Waals surface area contributed by atoms with Gasteiger partial charge in [0.15, 0.2) is 5.58 Å². The number of hydrogen-bond donors (Lipinski definition) is 1. The van der Waals surface area contributed by atoms with Gasteiger partial charge >= 0.3 is 5.97 Å². The van der Waals surface area contributed by atoms with Crippen molar-refractivity contribution in [2.45, 2.75) is 0 Å². The Bertz CT molecular complexity index is 545. The van der Waals surface area contributed by atoms with Crippen LogP contribution in [0.5, 0.6) is 0 Å². The van der Waals surface area contributed by atoms with Crippen molar-refractivity contribution in [2.75, 3.05) is 0 Å². The largest absolute Gasteiger partial charge is 0.478 e. The summed E-state index contributed by atoms with van der Waals surface area (Å²) in [6.45, 7) is 0. The molecule has 15 heavy (non-hydrogen) atoms. The van der Waals surface area contributed by atoms with Crippen molar-refractivity contribution in [3.8, 4) is 0 Å². The molecule has 2 rings (SSSR count). The number of carboxylic acid groups (broad SMARTS) is 1. The minimum Gasteiger partial charge on any atom is -0.478 e. The Balaban J connectivity index is 2.55. The molecule has 1 aromatic heterocycles. The second kappa shape index (κ2) is 4.01. The number of oxazole rings is 1. The summed E-state index contributed by atoms with van der Waals surface area (Å²) in [4.78, 5) is 14.5. The van der Waals surface area contributed by atoms with E-state index in [1.165, 1.54) is 6.08 Å². The van der Waals surface area contributed by atoms with Crippen molar-refractivity contribution in [1.29, 1.82) is 0 Å². The number of benzene rings is 1. The first-order valence-corrected chi connectivity index (χ1v) is 5.21. The van der Waals surface area contributed by atoms with Gasteiger partial charge in [0.2, 0.25) is 0 Å². The summed E-state index contributed by atoms with van der Waals surface area (Å²) in [6, 6.07) is 5.38. The van der Waals surface area contributed by atoms with Gasteiger partial charge in [0.1, 0.15) is 5.52 Å². The van der Waals surface area contributed by atoms with Gasteiger partial charge in [0.05, 0.1) is 0 Å². The summed E-state index contributed by atoms with van der Waals surface area (Å²) in [6.07, 6.45) is 2.58.